The minimum atomic E-state index is -0.336. The lowest BCUT2D eigenvalue weighted by Crippen LogP contribution is -2.13. The van der Waals surface area contributed by atoms with Gasteiger partial charge in [0, 0.05) is 6.07 Å². The second-order valence-corrected chi connectivity index (χ2v) is 4.26. The van der Waals surface area contributed by atoms with Gasteiger partial charge >= 0.3 is 0 Å². The van der Waals surface area contributed by atoms with Crippen LogP contribution < -0.4 is 5.56 Å². The van der Waals surface area contributed by atoms with Crippen LogP contribution >= 0.6 is 0 Å². The maximum Gasteiger partial charge on any atom is 0.251 e. The van der Waals surface area contributed by atoms with Gasteiger partial charge in [0.05, 0.1) is 0 Å². The Hall–Kier alpha value is -1.76. The number of H-pyrrole nitrogens is 1. The molecule has 0 amide bonds. The lowest BCUT2D eigenvalue weighted by molar-refractivity contribution is 0.428. The predicted molar refractivity (Wildman–Crippen MR) is 59.3 cm³/mol. The normalized spacial score (nSPS) is 16.9. The number of nitriles is 1. The number of nitrogens with one attached hydrogen (secondary N) is 1. The Labute approximate surface area is 93.5 Å². The predicted octanol–water partition coefficient (Wildman–Crippen LogP) is 2.00. The van der Waals surface area contributed by atoms with Crippen LogP contribution in [0.1, 0.15) is 49.1 Å². The molecule has 0 spiro atoms. The first-order valence-electron chi connectivity index (χ1n) is 5.58. The van der Waals surface area contributed by atoms with Crippen molar-refractivity contribution in [3.63, 3.8) is 0 Å². The smallest absolute Gasteiger partial charge is 0.251 e. The van der Waals surface area contributed by atoms with Crippen LogP contribution in [0.4, 0.5) is 0 Å². The van der Waals surface area contributed by atoms with E-state index in [1.807, 2.05) is 6.07 Å². The molecule has 1 aliphatic rings. The highest BCUT2D eigenvalue weighted by molar-refractivity contribution is 5.45. The molecule has 1 heterocycles. The molecule has 1 aromatic rings. The van der Waals surface area contributed by atoms with Crippen LogP contribution in [-0.4, -0.2) is 10.1 Å². The van der Waals surface area contributed by atoms with Gasteiger partial charge in [0.25, 0.3) is 5.56 Å². The van der Waals surface area contributed by atoms with Gasteiger partial charge in [0.1, 0.15) is 11.6 Å². The Kier molecular flexibility index (Phi) is 2.95. The molecule has 2 rings (SSSR count). The van der Waals surface area contributed by atoms with Crippen LogP contribution in [0.5, 0.6) is 5.88 Å². The number of nitrogens with zero attached hydrogens (tertiary/aromatic N) is 1. The summed E-state index contributed by atoms with van der Waals surface area (Å²) < 4.78 is 0. The standard InChI is InChI=1S/C12H14N2O2/c13-7-10-9(6-11(15)14-12(10)16)8-4-2-1-3-5-8/h6,8H,1-5H2,(H2,14,15,16). The Bertz CT molecular complexity index is 479. The largest absolute Gasteiger partial charge is 0.494 e. The average molecular weight is 218 g/mol. The SMILES string of the molecule is N#Cc1c(C2CCCCC2)cc(=O)[nH]c1O. The zero-order chi connectivity index (χ0) is 11.5. The first-order chi connectivity index (χ1) is 7.72. The van der Waals surface area contributed by atoms with E-state index in [1.165, 1.54) is 12.5 Å². The van der Waals surface area contributed by atoms with E-state index in [-0.39, 0.29) is 22.9 Å². The quantitative estimate of drug-likeness (QED) is 0.756. The van der Waals surface area contributed by atoms with Gasteiger partial charge in [-0.2, -0.15) is 5.26 Å². The molecule has 0 bridgehead atoms. The van der Waals surface area contributed by atoms with Gasteiger partial charge in [-0.1, -0.05) is 19.3 Å². The number of hydrogen-bond acceptors (Lipinski definition) is 3. The summed E-state index contributed by atoms with van der Waals surface area (Å²) in [4.78, 5) is 13.5. The summed E-state index contributed by atoms with van der Waals surface area (Å²) in [6.07, 6.45) is 5.47. The van der Waals surface area contributed by atoms with E-state index >= 15 is 0 Å². The van der Waals surface area contributed by atoms with Gasteiger partial charge in [-0.3, -0.25) is 9.78 Å². The van der Waals surface area contributed by atoms with Crippen molar-refractivity contribution in [1.82, 2.24) is 4.98 Å². The van der Waals surface area contributed by atoms with Crippen LogP contribution in [0.2, 0.25) is 0 Å². The summed E-state index contributed by atoms with van der Waals surface area (Å²) in [7, 11) is 0. The Balaban J connectivity index is 2.46. The molecule has 4 heteroatoms. The van der Waals surface area contributed by atoms with E-state index < -0.39 is 0 Å². The van der Waals surface area contributed by atoms with Crippen LogP contribution in [0, 0.1) is 11.3 Å². The molecular formula is C12H14N2O2. The number of aromatic nitrogens is 1. The van der Waals surface area contributed by atoms with E-state index in [2.05, 4.69) is 4.98 Å². The van der Waals surface area contributed by atoms with Crippen molar-refractivity contribution in [2.45, 2.75) is 38.0 Å². The van der Waals surface area contributed by atoms with Gasteiger partial charge in [0.2, 0.25) is 5.88 Å². The third-order valence-corrected chi connectivity index (χ3v) is 3.21. The molecule has 0 atom stereocenters. The molecule has 16 heavy (non-hydrogen) atoms. The first kappa shape index (κ1) is 10.7. The zero-order valence-corrected chi connectivity index (χ0v) is 8.99. The number of rotatable bonds is 1. The summed E-state index contributed by atoms with van der Waals surface area (Å²) in [6.45, 7) is 0. The van der Waals surface area contributed by atoms with Crippen molar-refractivity contribution >= 4 is 0 Å². The molecule has 84 valence electrons. The second kappa shape index (κ2) is 4.40. The molecule has 4 nitrogen and oxygen atoms in total. The van der Waals surface area contributed by atoms with E-state index in [0.717, 1.165) is 25.7 Å². The lowest BCUT2D eigenvalue weighted by atomic mass is 9.83. The van der Waals surface area contributed by atoms with Crippen LogP contribution in [0.15, 0.2) is 10.9 Å². The molecule has 0 radical (unpaired) electrons. The van der Waals surface area contributed by atoms with Gasteiger partial charge in [-0.05, 0) is 24.3 Å². The average Bonchev–Trinajstić information content (AvgIpc) is 2.29. The minimum Gasteiger partial charge on any atom is -0.494 e. The minimum absolute atomic E-state index is 0.228. The van der Waals surface area contributed by atoms with Crippen molar-refractivity contribution in [1.29, 1.82) is 5.26 Å². The summed E-state index contributed by atoms with van der Waals surface area (Å²) in [6, 6.07) is 3.42. The van der Waals surface area contributed by atoms with Crippen molar-refractivity contribution < 1.29 is 5.11 Å². The highest BCUT2D eigenvalue weighted by Gasteiger charge is 2.21. The fraction of sp³-hybridized carbons (Fsp3) is 0.500. The van der Waals surface area contributed by atoms with Crippen molar-refractivity contribution in [3.05, 3.63) is 27.5 Å². The van der Waals surface area contributed by atoms with Crippen LogP contribution in [0.25, 0.3) is 0 Å². The first-order valence-corrected chi connectivity index (χ1v) is 5.58. The number of hydrogen-bond donors (Lipinski definition) is 2. The van der Waals surface area contributed by atoms with Gasteiger partial charge in [-0.25, -0.2) is 0 Å². The zero-order valence-electron chi connectivity index (χ0n) is 8.99. The summed E-state index contributed by atoms with van der Waals surface area (Å²) in [5.74, 6) is -0.0489. The molecule has 0 unspecified atom stereocenters. The number of aromatic amines is 1. The van der Waals surface area contributed by atoms with E-state index in [0.29, 0.717) is 5.56 Å². The molecule has 1 aliphatic carbocycles. The fourth-order valence-corrected chi connectivity index (χ4v) is 2.42. The Morgan fingerprint density at radius 1 is 1.38 bits per heavy atom. The second-order valence-electron chi connectivity index (χ2n) is 4.26. The number of aromatic hydroxyl groups is 1. The molecule has 1 fully saturated rings. The summed E-state index contributed by atoms with van der Waals surface area (Å²) in [5, 5.41) is 18.5. The maximum absolute atomic E-state index is 11.3. The third-order valence-electron chi connectivity index (χ3n) is 3.21. The van der Waals surface area contributed by atoms with Gasteiger partial charge < -0.3 is 5.11 Å². The summed E-state index contributed by atoms with van der Waals surface area (Å²) >= 11 is 0. The van der Waals surface area contributed by atoms with E-state index in [1.54, 1.807) is 0 Å². The van der Waals surface area contributed by atoms with Crippen molar-refractivity contribution in [2.24, 2.45) is 0 Å². The lowest BCUT2D eigenvalue weighted by Gasteiger charge is -2.22. The molecular weight excluding hydrogens is 204 g/mol. The molecule has 2 N–H and O–H groups in total. The van der Waals surface area contributed by atoms with Crippen LogP contribution in [-0.2, 0) is 0 Å². The monoisotopic (exact) mass is 218 g/mol. The van der Waals surface area contributed by atoms with E-state index in [4.69, 9.17) is 5.26 Å². The maximum atomic E-state index is 11.3. The summed E-state index contributed by atoms with van der Waals surface area (Å²) in [5.41, 5.74) is 0.604. The Morgan fingerprint density at radius 3 is 2.69 bits per heavy atom. The highest BCUT2D eigenvalue weighted by atomic mass is 16.3. The molecule has 0 aromatic carbocycles. The fourth-order valence-electron chi connectivity index (χ4n) is 2.42. The topological polar surface area (TPSA) is 76.9 Å². The van der Waals surface area contributed by atoms with Crippen LogP contribution in [0.3, 0.4) is 0 Å². The van der Waals surface area contributed by atoms with E-state index in [9.17, 15) is 9.90 Å². The molecule has 0 aliphatic heterocycles. The van der Waals surface area contributed by atoms with Gasteiger partial charge in [-0.15, -0.1) is 0 Å². The third kappa shape index (κ3) is 1.94. The Morgan fingerprint density at radius 2 is 2.06 bits per heavy atom. The van der Waals surface area contributed by atoms with Gasteiger partial charge in [0.15, 0.2) is 0 Å². The highest BCUT2D eigenvalue weighted by Crippen LogP contribution is 2.35. The molecule has 1 saturated carbocycles. The molecule has 0 saturated heterocycles. The molecule has 1 aromatic heterocycles. The van der Waals surface area contributed by atoms with Crippen molar-refractivity contribution in [2.75, 3.05) is 0 Å². The number of pyridine rings is 1. The van der Waals surface area contributed by atoms with Crippen molar-refractivity contribution in [3.8, 4) is 11.9 Å².